The van der Waals surface area contributed by atoms with Crippen LogP contribution in [0.15, 0.2) is 29.4 Å². The van der Waals surface area contributed by atoms with Crippen molar-refractivity contribution in [1.82, 2.24) is 5.32 Å². The molecule has 1 N–H and O–H groups in total. The number of nitrogens with zero attached hydrogens (tertiary/aromatic N) is 1. The van der Waals surface area contributed by atoms with E-state index in [9.17, 15) is 4.79 Å². The van der Waals surface area contributed by atoms with Crippen molar-refractivity contribution in [2.75, 3.05) is 6.54 Å². The van der Waals surface area contributed by atoms with Crippen LogP contribution in [0.4, 0.5) is 0 Å². The van der Waals surface area contributed by atoms with Crippen molar-refractivity contribution in [3.8, 4) is 0 Å². The first kappa shape index (κ1) is 15.1. The molecular formula is C11H20N2O. The number of hydrogen-bond donors (Lipinski definition) is 1. The first-order valence-electron chi connectivity index (χ1n) is 4.79. The molecule has 1 amide bonds. The normalized spacial score (nSPS) is 9.50. The Morgan fingerprint density at radius 2 is 2.07 bits per heavy atom. The summed E-state index contributed by atoms with van der Waals surface area (Å²) >= 11 is 0. The zero-order valence-corrected chi connectivity index (χ0v) is 9.34. The molecule has 0 aliphatic rings. The summed E-state index contributed by atoms with van der Waals surface area (Å²) in [7, 11) is 0. The van der Waals surface area contributed by atoms with Crippen molar-refractivity contribution in [2.24, 2.45) is 4.99 Å². The third-order valence-electron chi connectivity index (χ3n) is 1.23. The van der Waals surface area contributed by atoms with E-state index in [1.54, 1.807) is 12.2 Å². The fourth-order valence-electron chi connectivity index (χ4n) is 0.728. The van der Waals surface area contributed by atoms with Gasteiger partial charge in [-0.2, -0.15) is 0 Å². The molecule has 80 valence electrons. The second kappa shape index (κ2) is 11.6. The summed E-state index contributed by atoms with van der Waals surface area (Å²) in [4.78, 5) is 14.7. The van der Waals surface area contributed by atoms with Crippen LogP contribution >= 0.6 is 0 Å². The van der Waals surface area contributed by atoms with Crippen molar-refractivity contribution in [1.29, 1.82) is 0 Å². The Morgan fingerprint density at radius 1 is 1.50 bits per heavy atom. The van der Waals surface area contributed by atoms with Crippen molar-refractivity contribution in [3.05, 3.63) is 24.4 Å². The molecule has 0 rings (SSSR count). The number of allylic oxidation sites excluding steroid dienone is 2. The average Bonchev–Trinajstić information content (AvgIpc) is 2.20. The molecule has 0 fully saturated rings. The van der Waals surface area contributed by atoms with Gasteiger partial charge in [0.1, 0.15) is 0 Å². The lowest BCUT2D eigenvalue weighted by molar-refractivity contribution is -0.120. The highest BCUT2D eigenvalue weighted by Crippen LogP contribution is 2.01. The fraction of sp³-hybridized carbons (Fsp3) is 0.455. The Balaban J connectivity index is 0. The van der Waals surface area contributed by atoms with Gasteiger partial charge in [-0.05, 0) is 19.7 Å². The maximum absolute atomic E-state index is 11.0. The van der Waals surface area contributed by atoms with Gasteiger partial charge in [0.05, 0.1) is 6.42 Å². The molecule has 0 saturated carbocycles. The highest BCUT2D eigenvalue weighted by molar-refractivity contribution is 5.78. The summed E-state index contributed by atoms with van der Waals surface area (Å²) in [5, 5.41) is 2.67. The molecule has 0 unspecified atom stereocenters. The molecule has 0 heterocycles. The van der Waals surface area contributed by atoms with Gasteiger partial charge in [0.25, 0.3) is 0 Å². The molecular weight excluding hydrogens is 176 g/mol. The minimum absolute atomic E-state index is 0.0435. The number of nitrogens with one attached hydrogen (secondary N) is 1. The molecule has 0 aromatic heterocycles. The largest absolute Gasteiger partial charge is 0.356 e. The van der Waals surface area contributed by atoms with Gasteiger partial charge in [-0.25, -0.2) is 0 Å². The van der Waals surface area contributed by atoms with E-state index >= 15 is 0 Å². The monoisotopic (exact) mass is 196 g/mol. The number of carbonyl (C=O) groups is 1. The van der Waals surface area contributed by atoms with Crippen molar-refractivity contribution in [3.63, 3.8) is 0 Å². The predicted molar refractivity (Wildman–Crippen MR) is 62.5 cm³/mol. The van der Waals surface area contributed by atoms with Gasteiger partial charge in [-0.3, -0.25) is 9.79 Å². The third-order valence-corrected chi connectivity index (χ3v) is 1.23. The Labute approximate surface area is 86.6 Å². The minimum Gasteiger partial charge on any atom is -0.356 e. The molecule has 0 bridgehead atoms. The highest BCUT2D eigenvalue weighted by Gasteiger charge is 2.01. The third kappa shape index (κ3) is 8.71. The topological polar surface area (TPSA) is 41.5 Å². The molecule has 3 nitrogen and oxygen atoms in total. The molecule has 0 radical (unpaired) electrons. The van der Waals surface area contributed by atoms with Crippen LogP contribution < -0.4 is 5.32 Å². The van der Waals surface area contributed by atoms with Crippen molar-refractivity contribution < 1.29 is 4.79 Å². The summed E-state index contributed by atoms with van der Waals surface area (Å²) in [6, 6.07) is 0. The van der Waals surface area contributed by atoms with Gasteiger partial charge >= 0.3 is 0 Å². The minimum atomic E-state index is -0.0435. The molecule has 0 aliphatic heterocycles. The molecule has 14 heavy (non-hydrogen) atoms. The number of amides is 1. The Hall–Kier alpha value is -1.38. The van der Waals surface area contributed by atoms with Crippen molar-refractivity contribution in [2.45, 2.75) is 27.2 Å². The second-order valence-corrected chi connectivity index (χ2v) is 2.18. The maximum Gasteiger partial charge on any atom is 0.226 e. The SMILES string of the molecule is C=C/C=C(/CC(=O)NCC)N=C.CC. The van der Waals surface area contributed by atoms with Crippen LogP contribution in [0.25, 0.3) is 0 Å². The molecule has 0 saturated heterocycles. The first-order valence-corrected chi connectivity index (χ1v) is 4.79. The zero-order valence-electron chi connectivity index (χ0n) is 9.34. The average molecular weight is 196 g/mol. The van der Waals surface area contributed by atoms with E-state index in [0.717, 1.165) is 0 Å². The standard InChI is InChI=1S/C9H14N2O.C2H6/c1-4-6-8(10-3)7-9(12)11-5-2;1-2/h4,6H,1,3,5,7H2,2H3,(H,11,12);1-2H3/b8-6-;. The number of rotatable bonds is 5. The first-order chi connectivity index (χ1) is 6.74. The van der Waals surface area contributed by atoms with Crippen LogP contribution in [0.5, 0.6) is 0 Å². The van der Waals surface area contributed by atoms with E-state index in [0.29, 0.717) is 12.2 Å². The molecule has 0 aromatic carbocycles. The molecule has 0 atom stereocenters. The fourth-order valence-corrected chi connectivity index (χ4v) is 0.728. The van der Waals surface area contributed by atoms with Gasteiger partial charge < -0.3 is 5.32 Å². The Bertz CT molecular complexity index is 207. The Kier molecular flexibility index (Phi) is 12.5. The summed E-state index contributed by atoms with van der Waals surface area (Å²) in [5.41, 5.74) is 0.635. The van der Waals surface area contributed by atoms with E-state index in [1.165, 1.54) is 0 Å². The number of carbonyl (C=O) groups excluding carboxylic acids is 1. The van der Waals surface area contributed by atoms with E-state index in [-0.39, 0.29) is 12.3 Å². The summed E-state index contributed by atoms with van der Waals surface area (Å²) in [6.45, 7) is 13.4. The van der Waals surface area contributed by atoms with Crippen LogP contribution in [0.2, 0.25) is 0 Å². The van der Waals surface area contributed by atoms with Crippen LogP contribution in [0.1, 0.15) is 27.2 Å². The molecule has 3 heteroatoms. The predicted octanol–water partition coefficient (Wildman–Crippen LogP) is 2.31. The van der Waals surface area contributed by atoms with Crippen LogP contribution in [-0.4, -0.2) is 19.2 Å². The zero-order chi connectivity index (χ0) is 11.4. The second-order valence-electron chi connectivity index (χ2n) is 2.18. The molecule has 0 aliphatic carbocycles. The van der Waals surface area contributed by atoms with Gasteiger partial charge in [0.2, 0.25) is 5.91 Å². The molecule has 0 aromatic rings. The highest BCUT2D eigenvalue weighted by atomic mass is 16.1. The van der Waals surface area contributed by atoms with Crippen LogP contribution in [0, 0.1) is 0 Å². The van der Waals surface area contributed by atoms with E-state index in [2.05, 4.69) is 23.6 Å². The van der Waals surface area contributed by atoms with Crippen molar-refractivity contribution >= 4 is 12.6 Å². The lowest BCUT2D eigenvalue weighted by Crippen LogP contribution is -2.22. The lowest BCUT2D eigenvalue weighted by Gasteiger charge is -2.00. The summed E-state index contributed by atoms with van der Waals surface area (Å²) in [5.74, 6) is -0.0435. The van der Waals surface area contributed by atoms with Gasteiger partial charge in [-0.1, -0.05) is 26.5 Å². The van der Waals surface area contributed by atoms with Gasteiger partial charge in [-0.15, -0.1) is 0 Å². The van der Waals surface area contributed by atoms with E-state index < -0.39 is 0 Å². The Morgan fingerprint density at radius 3 is 2.43 bits per heavy atom. The number of hydrogen-bond acceptors (Lipinski definition) is 2. The summed E-state index contributed by atoms with van der Waals surface area (Å²) < 4.78 is 0. The number of aliphatic imine (C=N–C) groups is 1. The smallest absolute Gasteiger partial charge is 0.226 e. The maximum atomic E-state index is 11.0. The van der Waals surface area contributed by atoms with Crippen LogP contribution in [0.3, 0.4) is 0 Å². The van der Waals surface area contributed by atoms with Crippen LogP contribution in [-0.2, 0) is 4.79 Å². The van der Waals surface area contributed by atoms with E-state index in [4.69, 9.17) is 0 Å². The lowest BCUT2D eigenvalue weighted by atomic mass is 10.3. The van der Waals surface area contributed by atoms with Gasteiger partial charge in [0.15, 0.2) is 0 Å². The summed E-state index contributed by atoms with van der Waals surface area (Å²) in [6.07, 6.45) is 3.52. The molecule has 0 spiro atoms. The van der Waals surface area contributed by atoms with Gasteiger partial charge in [0, 0.05) is 12.2 Å². The van der Waals surface area contributed by atoms with E-state index in [1.807, 2.05) is 20.8 Å². The quantitative estimate of drug-likeness (QED) is 0.532.